The van der Waals surface area contributed by atoms with Crippen LogP contribution < -0.4 is 10.2 Å². The van der Waals surface area contributed by atoms with E-state index in [1.54, 1.807) is 6.20 Å². The zero-order chi connectivity index (χ0) is 16.9. The van der Waals surface area contributed by atoms with E-state index in [1.165, 1.54) is 6.07 Å². The van der Waals surface area contributed by atoms with Crippen molar-refractivity contribution in [3.05, 3.63) is 71.9 Å². The molecule has 0 atom stereocenters. The summed E-state index contributed by atoms with van der Waals surface area (Å²) < 4.78 is 26.2. The number of hydrogen-bond donors (Lipinski definition) is 1. The molecule has 1 aromatic heterocycles. The molecule has 0 fully saturated rings. The summed E-state index contributed by atoms with van der Waals surface area (Å²) in [6, 6.07) is 13.4. The number of aromatic nitrogens is 3. The second kappa shape index (κ2) is 6.99. The summed E-state index contributed by atoms with van der Waals surface area (Å²) in [5.41, 5.74) is 1.48. The van der Waals surface area contributed by atoms with Gasteiger partial charge in [-0.2, -0.15) is 10.1 Å². The molecule has 0 aliphatic heterocycles. The molecular weight excluding hydrogens is 312 g/mol. The number of benzene rings is 2. The van der Waals surface area contributed by atoms with E-state index in [4.69, 9.17) is 0 Å². The van der Waals surface area contributed by atoms with Crippen LogP contribution in [0.4, 0.5) is 26.2 Å². The lowest BCUT2D eigenvalue weighted by atomic mass is 10.2. The highest BCUT2D eigenvalue weighted by molar-refractivity contribution is 5.54. The Kier molecular flexibility index (Phi) is 4.60. The fraction of sp³-hybridized carbons (Fsp3) is 0.118. The van der Waals surface area contributed by atoms with Crippen LogP contribution in [0.3, 0.4) is 0 Å². The highest BCUT2D eigenvalue weighted by atomic mass is 19.2. The molecule has 2 aromatic carbocycles. The maximum absolute atomic E-state index is 13.3. The SMILES string of the molecule is CN(Cc1ccccc1)c1cnnc(Nc2ccc(F)c(F)c2)n1. The van der Waals surface area contributed by atoms with Gasteiger partial charge in [0.25, 0.3) is 0 Å². The number of hydrogen-bond acceptors (Lipinski definition) is 5. The van der Waals surface area contributed by atoms with Crippen LogP contribution in [-0.4, -0.2) is 22.2 Å². The van der Waals surface area contributed by atoms with Crippen LogP contribution in [0.1, 0.15) is 5.56 Å². The number of nitrogens with zero attached hydrogens (tertiary/aromatic N) is 4. The number of anilines is 3. The van der Waals surface area contributed by atoms with Crippen molar-refractivity contribution in [3.8, 4) is 0 Å². The molecule has 0 spiro atoms. The van der Waals surface area contributed by atoms with E-state index >= 15 is 0 Å². The average Bonchev–Trinajstić information content (AvgIpc) is 2.59. The first kappa shape index (κ1) is 15.8. The lowest BCUT2D eigenvalue weighted by Gasteiger charge is -2.18. The lowest BCUT2D eigenvalue weighted by molar-refractivity contribution is 0.509. The summed E-state index contributed by atoms with van der Waals surface area (Å²) in [5, 5.41) is 10.6. The quantitative estimate of drug-likeness (QED) is 0.777. The highest BCUT2D eigenvalue weighted by Crippen LogP contribution is 2.18. The molecule has 3 rings (SSSR count). The molecule has 0 saturated carbocycles. The zero-order valence-electron chi connectivity index (χ0n) is 12.9. The molecule has 0 radical (unpaired) electrons. The fourth-order valence-corrected chi connectivity index (χ4v) is 2.17. The molecular formula is C17H15F2N5. The minimum atomic E-state index is -0.940. The van der Waals surface area contributed by atoms with E-state index in [9.17, 15) is 8.78 Å². The number of nitrogens with one attached hydrogen (secondary N) is 1. The van der Waals surface area contributed by atoms with E-state index in [-0.39, 0.29) is 5.95 Å². The fourth-order valence-electron chi connectivity index (χ4n) is 2.17. The smallest absolute Gasteiger partial charge is 0.249 e. The van der Waals surface area contributed by atoms with Crippen LogP contribution in [0.15, 0.2) is 54.7 Å². The molecule has 3 aromatic rings. The summed E-state index contributed by atoms with van der Waals surface area (Å²) >= 11 is 0. The Hall–Kier alpha value is -3.09. The van der Waals surface area contributed by atoms with Gasteiger partial charge in [-0.15, -0.1) is 5.10 Å². The van der Waals surface area contributed by atoms with Crippen LogP contribution in [0, 0.1) is 11.6 Å². The largest absolute Gasteiger partial charge is 0.354 e. The zero-order valence-corrected chi connectivity index (χ0v) is 12.9. The first-order valence-corrected chi connectivity index (χ1v) is 7.28. The van der Waals surface area contributed by atoms with E-state index in [1.807, 2.05) is 42.3 Å². The van der Waals surface area contributed by atoms with Gasteiger partial charge in [0, 0.05) is 25.3 Å². The average molecular weight is 327 g/mol. The van der Waals surface area contributed by atoms with Gasteiger partial charge in [0.2, 0.25) is 5.95 Å². The second-order valence-corrected chi connectivity index (χ2v) is 5.23. The Morgan fingerprint density at radius 2 is 1.83 bits per heavy atom. The van der Waals surface area contributed by atoms with Gasteiger partial charge in [-0.05, 0) is 17.7 Å². The molecule has 122 valence electrons. The summed E-state index contributed by atoms with van der Waals surface area (Å²) in [4.78, 5) is 6.26. The van der Waals surface area contributed by atoms with Crippen LogP contribution in [-0.2, 0) is 6.54 Å². The predicted molar refractivity (Wildman–Crippen MR) is 88.0 cm³/mol. The normalized spacial score (nSPS) is 10.5. The Morgan fingerprint density at radius 3 is 2.58 bits per heavy atom. The lowest BCUT2D eigenvalue weighted by Crippen LogP contribution is -2.18. The van der Waals surface area contributed by atoms with Crippen molar-refractivity contribution < 1.29 is 8.78 Å². The van der Waals surface area contributed by atoms with E-state index in [2.05, 4.69) is 20.5 Å². The molecule has 7 heteroatoms. The summed E-state index contributed by atoms with van der Waals surface area (Å²) in [6.45, 7) is 0.657. The van der Waals surface area contributed by atoms with Crippen molar-refractivity contribution in [1.29, 1.82) is 0 Å². The summed E-state index contributed by atoms with van der Waals surface area (Å²) in [5.74, 6) is -1.03. The van der Waals surface area contributed by atoms with E-state index in [0.29, 0.717) is 18.1 Å². The van der Waals surface area contributed by atoms with Crippen LogP contribution in [0.2, 0.25) is 0 Å². The van der Waals surface area contributed by atoms with Crippen molar-refractivity contribution in [2.75, 3.05) is 17.3 Å². The minimum absolute atomic E-state index is 0.207. The molecule has 0 aliphatic rings. The van der Waals surface area contributed by atoms with Gasteiger partial charge in [-0.25, -0.2) is 8.78 Å². The van der Waals surface area contributed by atoms with Gasteiger partial charge < -0.3 is 10.2 Å². The Labute approximate surface area is 138 Å². The third-order valence-corrected chi connectivity index (χ3v) is 3.38. The van der Waals surface area contributed by atoms with Crippen molar-refractivity contribution in [2.45, 2.75) is 6.54 Å². The summed E-state index contributed by atoms with van der Waals surface area (Å²) in [7, 11) is 1.89. The Bertz CT molecular complexity index is 826. The van der Waals surface area contributed by atoms with Gasteiger partial charge >= 0.3 is 0 Å². The van der Waals surface area contributed by atoms with Gasteiger partial charge in [-0.3, -0.25) is 0 Å². The molecule has 0 saturated heterocycles. The maximum atomic E-state index is 13.3. The van der Waals surface area contributed by atoms with E-state index in [0.717, 1.165) is 17.7 Å². The van der Waals surface area contributed by atoms with Crippen LogP contribution in [0.5, 0.6) is 0 Å². The molecule has 1 heterocycles. The van der Waals surface area contributed by atoms with Gasteiger partial charge in [0.05, 0.1) is 6.20 Å². The molecule has 0 bridgehead atoms. The number of rotatable bonds is 5. The van der Waals surface area contributed by atoms with E-state index < -0.39 is 11.6 Å². The standard InChI is InChI=1S/C17H15F2N5/c1-24(11-12-5-3-2-4-6-12)16-10-20-23-17(22-16)21-13-7-8-14(18)15(19)9-13/h2-10H,11H2,1H3,(H,21,22,23). The first-order valence-electron chi connectivity index (χ1n) is 7.28. The van der Waals surface area contributed by atoms with Crippen molar-refractivity contribution >= 4 is 17.5 Å². The third-order valence-electron chi connectivity index (χ3n) is 3.38. The molecule has 1 N–H and O–H groups in total. The monoisotopic (exact) mass is 327 g/mol. The Morgan fingerprint density at radius 1 is 1.04 bits per heavy atom. The van der Waals surface area contributed by atoms with Crippen LogP contribution >= 0.6 is 0 Å². The molecule has 0 aliphatic carbocycles. The topological polar surface area (TPSA) is 53.9 Å². The molecule has 24 heavy (non-hydrogen) atoms. The minimum Gasteiger partial charge on any atom is -0.354 e. The molecule has 0 unspecified atom stereocenters. The number of halogens is 2. The summed E-state index contributed by atoms with van der Waals surface area (Å²) in [6.07, 6.45) is 1.54. The molecule has 5 nitrogen and oxygen atoms in total. The molecule has 0 amide bonds. The Balaban J connectivity index is 1.74. The third kappa shape index (κ3) is 3.81. The van der Waals surface area contributed by atoms with Crippen LogP contribution in [0.25, 0.3) is 0 Å². The first-order chi connectivity index (χ1) is 11.6. The van der Waals surface area contributed by atoms with Crippen molar-refractivity contribution in [2.24, 2.45) is 0 Å². The van der Waals surface area contributed by atoms with Gasteiger partial charge in [0.15, 0.2) is 17.5 Å². The van der Waals surface area contributed by atoms with Crippen molar-refractivity contribution in [1.82, 2.24) is 15.2 Å². The van der Waals surface area contributed by atoms with Gasteiger partial charge in [-0.1, -0.05) is 30.3 Å². The highest BCUT2D eigenvalue weighted by Gasteiger charge is 2.08. The maximum Gasteiger partial charge on any atom is 0.249 e. The second-order valence-electron chi connectivity index (χ2n) is 5.23. The predicted octanol–water partition coefficient (Wildman–Crippen LogP) is 3.53. The van der Waals surface area contributed by atoms with Crippen molar-refractivity contribution in [3.63, 3.8) is 0 Å². The van der Waals surface area contributed by atoms with Gasteiger partial charge in [0.1, 0.15) is 0 Å².